The zero-order valence-corrected chi connectivity index (χ0v) is 15.9. The second-order valence-corrected chi connectivity index (χ2v) is 6.82. The number of rotatable bonds is 5. The molecule has 5 atom stereocenters. The van der Waals surface area contributed by atoms with Crippen LogP contribution >= 0.6 is 0 Å². The number of amides is 1. The van der Waals surface area contributed by atoms with Crippen molar-refractivity contribution in [1.29, 1.82) is 0 Å². The lowest BCUT2D eigenvalue weighted by Crippen LogP contribution is -2.33. The van der Waals surface area contributed by atoms with E-state index in [-0.39, 0.29) is 5.91 Å². The van der Waals surface area contributed by atoms with Gasteiger partial charge in [-0.3, -0.25) is 9.36 Å². The van der Waals surface area contributed by atoms with Crippen LogP contribution in [0.3, 0.4) is 0 Å². The number of nitrogens with zero attached hydrogens (tertiary/aromatic N) is 3. The molecule has 3 heterocycles. The molecule has 1 unspecified atom stereocenters. The molecule has 1 saturated heterocycles. The first-order valence-corrected chi connectivity index (χ1v) is 9.39. The molecule has 2 aromatic rings. The maximum Gasteiger partial charge on any atom is 0.506 e. The van der Waals surface area contributed by atoms with E-state index < -0.39 is 36.9 Å². The fourth-order valence-corrected chi connectivity index (χ4v) is 3.57. The summed E-state index contributed by atoms with van der Waals surface area (Å²) in [5, 5.41) is 14.6. The van der Waals surface area contributed by atoms with Crippen LogP contribution in [0.2, 0.25) is 0 Å². The maximum atomic E-state index is 15.0. The Morgan fingerprint density at radius 3 is 2.83 bits per heavy atom. The van der Waals surface area contributed by atoms with E-state index in [9.17, 15) is 9.59 Å². The van der Waals surface area contributed by atoms with Crippen LogP contribution in [0.25, 0.3) is 0 Å². The number of carboxylic acid groups (broad SMARTS) is 1. The van der Waals surface area contributed by atoms with Crippen LogP contribution in [0.15, 0.2) is 41.7 Å². The van der Waals surface area contributed by atoms with Crippen molar-refractivity contribution < 1.29 is 28.6 Å². The zero-order valence-electron chi connectivity index (χ0n) is 15.9. The van der Waals surface area contributed by atoms with Gasteiger partial charge in [0.25, 0.3) is 5.91 Å². The average Bonchev–Trinajstić information content (AvgIpc) is 3.30. The van der Waals surface area contributed by atoms with Gasteiger partial charge in [-0.2, -0.15) is 0 Å². The Morgan fingerprint density at radius 1 is 1.37 bits per heavy atom. The zero-order chi connectivity index (χ0) is 21.3. The van der Waals surface area contributed by atoms with Gasteiger partial charge in [0.1, 0.15) is 17.6 Å². The largest absolute Gasteiger partial charge is 0.506 e. The molecule has 0 radical (unpaired) electrons. The molecule has 10 nitrogen and oxygen atoms in total. The molecule has 158 valence electrons. The Labute approximate surface area is 170 Å². The van der Waals surface area contributed by atoms with Crippen molar-refractivity contribution in [3.8, 4) is 0 Å². The van der Waals surface area contributed by atoms with E-state index in [2.05, 4.69) is 20.6 Å². The number of aliphatic imine (C=N–C) groups is 1. The number of hydrogen-bond acceptors (Lipinski definition) is 7. The van der Waals surface area contributed by atoms with Gasteiger partial charge in [0.05, 0.1) is 12.7 Å². The molecule has 4 rings (SSSR count). The first-order chi connectivity index (χ1) is 14.5. The molecule has 1 aromatic heterocycles. The SMILES string of the molecule is CC[C@H]1O[C@@H](n2cnc3c2NC=NC3NC(=O)c2ccccc2)[C@@H](F)[C@H]1OC(=O)O. The third-order valence-corrected chi connectivity index (χ3v) is 4.99. The number of aromatic nitrogens is 2. The number of nitrogens with one attached hydrogen (secondary N) is 2. The number of hydrogen-bond donors (Lipinski definition) is 3. The predicted molar refractivity (Wildman–Crippen MR) is 103 cm³/mol. The molecule has 2 aliphatic heterocycles. The molecule has 1 amide bonds. The molecule has 1 aromatic carbocycles. The summed E-state index contributed by atoms with van der Waals surface area (Å²) >= 11 is 0. The summed E-state index contributed by atoms with van der Waals surface area (Å²) in [7, 11) is 0. The van der Waals surface area contributed by atoms with Crippen LogP contribution in [0, 0.1) is 0 Å². The van der Waals surface area contributed by atoms with Crippen LogP contribution in [0.1, 0.15) is 41.8 Å². The highest BCUT2D eigenvalue weighted by molar-refractivity contribution is 5.94. The molecule has 0 spiro atoms. The third-order valence-electron chi connectivity index (χ3n) is 4.99. The van der Waals surface area contributed by atoms with E-state index in [1.54, 1.807) is 37.3 Å². The van der Waals surface area contributed by atoms with Crippen LogP contribution < -0.4 is 10.6 Å². The van der Waals surface area contributed by atoms with Crippen LogP contribution in [0.4, 0.5) is 15.0 Å². The van der Waals surface area contributed by atoms with Crippen LogP contribution in [-0.2, 0) is 9.47 Å². The van der Waals surface area contributed by atoms with E-state index >= 15 is 4.39 Å². The van der Waals surface area contributed by atoms with Crippen LogP contribution in [-0.4, -0.2) is 51.4 Å². The second-order valence-electron chi connectivity index (χ2n) is 6.82. The number of imidazole rings is 1. The highest BCUT2D eigenvalue weighted by Gasteiger charge is 2.49. The molecule has 0 aliphatic carbocycles. The van der Waals surface area contributed by atoms with Crippen molar-refractivity contribution >= 4 is 24.2 Å². The fraction of sp³-hybridized carbons (Fsp3) is 0.368. The minimum atomic E-state index is -1.73. The predicted octanol–water partition coefficient (Wildman–Crippen LogP) is 2.47. The Bertz CT molecular complexity index is 965. The minimum absolute atomic E-state index is 0.332. The molecular formula is C19H20FN5O5. The number of carbonyl (C=O) groups is 2. The van der Waals surface area contributed by atoms with E-state index in [1.165, 1.54) is 17.2 Å². The third kappa shape index (κ3) is 3.59. The summed E-state index contributed by atoms with van der Waals surface area (Å²) in [5.41, 5.74) is 0.850. The molecule has 11 heteroatoms. The highest BCUT2D eigenvalue weighted by atomic mass is 19.1. The van der Waals surface area contributed by atoms with Crippen molar-refractivity contribution in [2.75, 3.05) is 5.32 Å². The van der Waals surface area contributed by atoms with Gasteiger partial charge in [0.15, 0.2) is 24.7 Å². The second kappa shape index (κ2) is 8.11. The maximum absolute atomic E-state index is 15.0. The summed E-state index contributed by atoms with van der Waals surface area (Å²) in [5.74, 6) is 0.0587. The van der Waals surface area contributed by atoms with E-state index in [0.717, 1.165) is 0 Å². The van der Waals surface area contributed by atoms with Gasteiger partial charge in [0, 0.05) is 5.56 Å². The fourth-order valence-electron chi connectivity index (χ4n) is 3.57. The Morgan fingerprint density at radius 2 is 2.13 bits per heavy atom. The lowest BCUT2D eigenvalue weighted by molar-refractivity contribution is -0.0308. The quantitative estimate of drug-likeness (QED) is 0.638. The standard InChI is InChI=1S/C19H20FN5O5/c1-2-11-14(30-19(27)28)12(20)18(29-11)25-9-23-13-15(21-8-22-16(13)25)24-17(26)10-6-4-3-5-7-10/h3-9,11-12,14-15,18H,2H2,1H3,(H,21,22)(H,24,26)(H,27,28)/t11-,12+,14+,15?,18-/m1/s1. The van der Waals surface area contributed by atoms with E-state index in [0.29, 0.717) is 23.5 Å². The first-order valence-electron chi connectivity index (χ1n) is 9.39. The summed E-state index contributed by atoms with van der Waals surface area (Å²) in [6.45, 7) is 1.75. The average molecular weight is 417 g/mol. The van der Waals surface area contributed by atoms with Crippen molar-refractivity contribution in [2.24, 2.45) is 4.99 Å². The summed E-state index contributed by atoms with van der Waals surface area (Å²) in [4.78, 5) is 31.9. The Balaban J connectivity index is 1.56. The number of halogens is 1. The normalized spacial score (nSPS) is 27.2. The summed E-state index contributed by atoms with van der Waals surface area (Å²) in [6.07, 6.45) is -4.08. The van der Waals surface area contributed by atoms with Crippen molar-refractivity contribution in [3.05, 3.63) is 47.9 Å². The number of alkyl halides is 1. The van der Waals surface area contributed by atoms with Crippen molar-refractivity contribution in [1.82, 2.24) is 14.9 Å². The van der Waals surface area contributed by atoms with Gasteiger partial charge in [-0.15, -0.1) is 0 Å². The molecular weight excluding hydrogens is 397 g/mol. The molecule has 0 bridgehead atoms. The number of fused-ring (bicyclic) bond motifs is 1. The van der Waals surface area contributed by atoms with Gasteiger partial charge in [-0.25, -0.2) is 19.2 Å². The van der Waals surface area contributed by atoms with Crippen molar-refractivity contribution in [2.45, 2.75) is 44.1 Å². The molecule has 0 saturated carbocycles. The number of carbonyl (C=O) groups excluding carboxylic acids is 1. The topological polar surface area (TPSA) is 127 Å². The van der Waals surface area contributed by atoms with Gasteiger partial charge < -0.3 is 25.2 Å². The van der Waals surface area contributed by atoms with E-state index in [1.807, 2.05) is 0 Å². The molecule has 1 fully saturated rings. The van der Waals surface area contributed by atoms with Gasteiger partial charge in [-0.05, 0) is 18.6 Å². The lowest BCUT2D eigenvalue weighted by atomic mass is 10.1. The number of anilines is 1. The molecule has 3 N–H and O–H groups in total. The molecule has 2 aliphatic rings. The summed E-state index contributed by atoms with van der Waals surface area (Å²) in [6, 6.07) is 8.65. The van der Waals surface area contributed by atoms with Gasteiger partial charge in [-0.1, -0.05) is 25.1 Å². The Kier molecular flexibility index (Phi) is 5.36. The van der Waals surface area contributed by atoms with E-state index in [4.69, 9.17) is 14.6 Å². The Hall–Kier alpha value is -3.47. The number of benzene rings is 1. The number of ether oxygens (including phenoxy) is 2. The lowest BCUT2D eigenvalue weighted by Gasteiger charge is -2.22. The smallest absolute Gasteiger partial charge is 0.450 e. The minimum Gasteiger partial charge on any atom is -0.450 e. The van der Waals surface area contributed by atoms with Gasteiger partial charge >= 0.3 is 6.16 Å². The van der Waals surface area contributed by atoms with Crippen molar-refractivity contribution in [3.63, 3.8) is 0 Å². The van der Waals surface area contributed by atoms with Gasteiger partial charge in [0.2, 0.25) is 0 Å². The highest BCUT2D eigenvalue weighted by Crippen LogP contribution is 2.39. The van der Waals surface area contributed by atoms with Crippen LogP contribution in [0.5, 0.6) is 0 Å². The monoisotopic (exact) mass is 417 g/mol. The molecule has 30 heavy (non-hydrogen) atoms. The first kappa shape index (κ1) is 19.8. The summed E-state index contributed by atoms with van der Waals surface area (Å²) < 4.78 is 26.9.